The lowest BCUT2D eigenvalue weighted by molar-refractivity contribution is 0.0975. The lowest BCUT2D eigenvalue weighted by Crippen LogP contribution is -2.34. The van der Waals surface area contributed by atoms with Gasteiger partial charge in [-0.05, 0) is 71.3 Å². The van der Waals surface area contributed by atoms with Crippen LogP contribution in [0, 0.1) is 22.7 Å². The fourth-order valence-electron chi connectivity index (χ4n) is 4.40. The number of methoxy groups -OCH3 is 1. The van der Waals surface area contributed by atoms with Crippen molar-refractivity contribution in [2.24, 2.45) is 11.3 Å². The fraction of sp³-hybridized carbons (Fsp3) is 0.346. The van der Waals surface area contributed by atoms with Crippen LogP contribution in [0.25, 0.3) is 10.8 Å². The van der Waals surface area contributed by atoms with Gasteiger partial charge in [0.1, 0.15) is 16.8 Å². The highest BCUT2D eigenvalue weighted by Crippen LogP contribution is 2.44. The minimum Gasteiger partial charge on any atom is -0.496 e. The molecule has 0 saturated carbocycles. The second-order valence-electron chi connectivity index (χ2n) is 9.43. The summed E-state index contributed by atoms with van der Waals surface area (Å²) < 4.78 is 5.44. The van der Waals surface area contributed by atoms with Crippen molar-refractivity contribution in [3.8, 4) is 11.8 Å². The van der Waals surface area contributed by atoms with Gasteiger partial charge in [0.15, 0.2) is 5.11 Å². The molecule has 33 heavy (non-hydrogen) atoms. The SMILES string of the molecule is COc1cc2ccccc2cc1C(=O)NC(=S)Nc1sc2c(c1C#N)CCC(C(C)(C)C)C2. The highest BCUT2D eigenvalue weighted by Gasteiger charge is 2.32. The third kappa shape index (κ3) is 4.73. The summed E-state index contributed by atoms with van der Waals surface area (Å²) in [7, 11) is 1.54. The summed E-state index contributed by atoms with van der Waals surface area (Å²) in [6.45, 7) is 6.81. The van der Waals surface area contributed by atoms with E-state index in [0.29, 0.717) is 27.8 Å². The molecule has 0 aliphatic heterocycles. The van der Waals surface area contributed by atoms with Crippen molar-refractivity contribution < 1.29 is 9.53 Å². The number of carbonyl (C=O) groups excluding carboxylic acids is 1. The standard InChI is InChI=1S/C26H27N3O2S2/c1-26(2,3)17-9-10-18-20(14-27)24(33-22(18)13-17)29-25(32)28-23(30)19-11-15-7-5-6-8-16(15)12-21(19)31-4/h5-8,11-12,17H,9-10,13H2,1-4H3,(H2,28,29,30,32). The third-order valence-electron chi connectivity index (χ3n) is 6.37. The number of thiocarbonyl (C=S) groups is 1. The van der Waals surface area contributed by atoms with E-state index in [9.17, 15) is 10.1 Å². The molecule has 0 spiro atoms. The van der Waals surface area contributed by atoms with Crippen LogP contribution in [-0.4, -0.2) is 18.1 Å². The maximum absolute atomic E-state index is 13.0. The first kappa shape index (κ1) is 23.2. The summed E-state index contributed by atoms with van der Waals surface area (Å²) in [4.78, 5) is 14.2. The Labute approximate surface area is 203 Å². The number of carbonyl (C=O) groups is 1. The van der Waals surface area contributed by atoms with Crippen molar-refractivity contribution in [2.75, 3.05) is 12.4 Å². The van der Waals surface area contributed by atoms with Crippen LogP contribution in [0.3, 0.4) is 0 Å². The van der Waals surface area contributed by atoms with Gasteiger partial charge in [0.2, 0.25) is 0 Å². The summed E-state index contributed by atoms with van der Waals surface area (Å²) in [5.74, 6) is 0.698. The van der Waals surface area contributed by atoms with Crippen molar-refractivity contribution in [3.63, 3.8) is 0 Å². The molecule has 1 aliphatic rings. The molecule has 0 fully saturated rings. The Balaban J connectivity index is 1.53. The Bertz CT molecular complexity index is 1280. The Kier molecular flexibility index (Phi) is 6.42. The molecular formula is C26H27N3O2S2. The van der Waals surface area contributed by atoms with Gasteiger partial charge in [0, 0.05) is 4.88 Å². The van der Waals surface area contributed by atoms with Gasteiger partial charge in [0.05, 0.1) is 18.2 Å². The lowest BCUT2D eigenvalue weighted by atomic mass is 9.72. The van der Waals surface area contributed by atoms with Gasteiger partial charge < -0.3 is 10.1 Å². The maximum Gasteiger partial charge on any atom is 0.261 e. The molecule has 2 N–H and O–H groups in total. The van der Waals surface area contributed by atoms with E-state index >= 15 is 0 Å². The summed E-state index contributed by atoms with van der Waals surface area (Å²) in [6, 6.07) is 13.8. The molecule has 0 radical (unpaired) electrons. The first-order valence-electron chi connectivity index (χ1n) is 10.9. The van der Waals surface area contributed by atoms with E-state index in [-0.39, 0.29) is 16.4 Å². The van der Waals surface area contributed by atoms with Crippen LogP contribution < -0.4 is 15.4 Å². The third-order valence-corrected chi connectivity index (χ3v) is 7.74. The zero-order chi connectivity index (χ0) is 23.8. The van der Waals surface area contributed by atoms with Crippen molar-refractivity contribution in [3.05, 3.63) is 58.0 Å². The van der Waals surface area contributed by atoms with Crippen LogP contribution in [0.15, 0.2) is 36.4 Å². The average Bonchev–Trinajstić information content (AvgIpc) is 3.13. The number of anilines is 1. The van der Waals surface area contributed by atoms with Gasteiger partial charge in [-0.1, -0.05) is 45.0 Å². The molecule has 7 heteroatoms. The van der Waals surface area contributed by atoms with Gasteiger partial charge in [-0.3, -0.25) is 10.1 Å². The van der Waals surface area contributed by atoms with E-state index in [4.69, 9.17) is 17.0 Å². The number of hydrogen-bond acceptors (Lipinski definition) is 5. The van der Waals surface area contributed by atoms with Crippen LogP contribution in [0.4, 0.5) is 5.00 Å². The summed E-state index contributed by atoms with van der Waals surface area (Å²) in [6.07, 6.45) is 2.93. The van der Waals surface area contributed by atoms with E-state index in [1.54, 1.807) is 17.4 Å². The monoisotopic (exact) mass is 477 g/mol. The topological polar surface area (TPSA) is 74.2 Å². The quantitative estimate of drug-likeness (QED) is 0.449. The highest BCUT2D eigenvalue weighted by atomic mass is 32.1. The summed E-state index contributed by atoms with van der Waals surface area (Å²) >= 11 is 7.00. The smallest absolute Gasteiger partial charge is 0.261 e. The first-order valence-corrected chi connectivity index (χ1v) is 12.2. The number of nitriles is 1. The molecule has 1 aliphatic carbocycles. The molecule has 1 aromatic heterocycles. The van der Waals surface area contributed by atoms with Gasteiger partial charge >= 0.3 is 0 Å². The van der Waals surface area contributed by atoms with Crippen LogP contribution in [-0.2, 0) is 12.8 Å². The number of fused-ring (bicyclic) bond motifs is 2. The van der Waals surface area contributed by atoms with Crippen molar-refractivity contribution >= 4 is 50.3 Å². The van der Waals surface area contributed by atoms with Gasteiger partial charge in [-0.25, -0.2) is 0 Å². The van der Waals surface area contributed by atoms with E-state index in [0.717, 1.165) is 35.6 Å². The second-order valence-corrected chi connectivity index (χ2v) is 10.9. The lowest BCUT2D eigenvalue weighted by Gasteiger charge is -2.33. The van der Waals surface area contributed by atoms with Crippen molar-refractivity contribution in [1.82, 2.24) is 5.32 Å². The molecule has 4 rings (SSSR count). The van der Waals surface area contributed by atoms with Gasteiger partial charge in [-0.15, -0.1) is 11.3 Å². The molecule has 1 heterocycles. The molecule has 5 nitrogen and oxygen atoms in total. The number of thiophene rings is 1. The fourth-order valence-corrected chi connectivity index (χ4v) is 5.94. The predicted octanol–water partition coefficient (Wildman–Crippen LogP) is 6.06. The van der Waals surface area contributed by atoms with Crippen LogP contribution in [0.2, 0.25) is 0 Å². The maximum atomic E-state index is 13.0. The molecule has 0 saturated heterocycles. The van der Waals surface area contributed by atoms with Crippen LogP contribution in [0.1, 0.15) is 53.6 Å². The van der Waals surface area contributed by atoms with Crippen LogP contribution >= 0.6 is 23.6 Å². The van der Waals surface area contributed by atoms with Gasteiger partial charge in [0.25, 0.3) is 5.91 Å². The zero-order valence-electron chi connectivity index (χ0n) is 19.2. The largest absolute Gasteiger partial charge is 0.496 e. The number of nitrogens with zero attached hydrogens (tertiary/aromatic N) is 1. The van der Waals surface area contributed by atoms with E-state index < -0.39 is 0 Å². The number of amides is 1. The minimum absolute atomic E-state index is 0.165. The normalized spacial score (nSPS) is 15.4. The number of hydrogen-bond donors (Lipinski definition) is 2. The number of nitrogens with one attached hydrogen (secondary N) is 2. The molecule has 3 aromatic rings. The number of rotatable bonds is 3. The molecule has 1 unspecified atom stereocenters. The summed E-state index contributed by atoms with van der Waals surface area (Å²) in [5, 5.41) is 18.4. The second kappa shape index (κ2) is 9.12. The Morgan fingerprint density at radius 3 is 2.58 bits per heavy atom. The molecule has 2 aromatic carbocycles. The van der Waals surface area contributed by atoms with Crippen molar-refractivity contribution in [1.29, 1.82) is 5.26 Å². The zero-order valence-corrected chi connectivity index (χ0v) is 20.9. The van der Waals surface area contributed by atoms with E-state index in [1.807, 2.05) is 30.3 Å². The molecule has 1 atom stereocenters. The summed E-state index contributed by atoms with van der Waals surface area (Å²) in [5.41, 5.74) is 2.39. The Morgan fingerprint density at radius 1 is 1.24 bits per heavy atom. The minimum atomic E-state index is -0.359. The Hall–Kier alpha value is -2.95. The first-order chi connectivity index (χ1) is 15.7. The van der Waals surface area contributed by atoms with E-state index in [1.165, 1.54) is 12.0 Å². The van der Waals surface area contributed by atoms with E-state index in [2.05, 4.69) is 37.5 Å². The Morgan fingerprint density at radius 2 is 1.94 bits per heavy atom. The van der Waals surface area contributed by atoms with Crippen LogP contribution in [0.5, 0.6) is 5.75 Å². The predicted molar refractivity (Wildman–Crippen MR) is 138 cm³/mol. The molecular weight excluding hydrogens is 450 g/mol. The average molecular weight is 478 g/mol. The molecule has 1 amide bonds. The van der Waals surface area contributed by atoms with Gasteiger partial charge in [-0.2, -0.15) is 5.26 Å². The number of benzene rings is 2. The molecule has 170 valence electrons. The van der Waals surface area contributed by atoms with Crippen molar-refractivity contribution in [2.45, 2.75) is 40.0 Å². The molecule has 0 bridgehead atoms. The number of ether oxygens (including phenoxy) is 1. The highest BCUT2D eigenvalue weighted by molar-refractivity contribution is 7.80.